The van der Waals surface area contributed by atoms with Crippen LogP contribution in [0.15, 0.2) is 30.0 Å². The molecule has 1 aromatic rings. The van der Waals surface area contributed by atoms with Crippen LogP contribution in [-0.4, -0.2) is 94.0 Å². The number of carbonyl (C=O) groups is 3. The molecule has 10 nitrogen and oxygen atoms in total. The summed E-state index contributed by atoms with van der Waals surface area (Å²) >= 11 is 0. The zero-order valence-corrected chi connectivity index (χ0v) is 25.4. The molecule has 0 spiro atoms. The highest BCUT2D eigenvalue weighted by Gasteiger charge is 2.60. The average Bonchev–Trinajstić information content (AvgIpc) is 2.96. The molecule has 2 saturated heterocycles. The molecule has 0 saturated carbocycles. The number of methoxy groups -OCH3 is 3. The number of benzene rings is 1. The molecule has 10 heteroatoms. The van der Waals surface area contributed by atoms with Crippen LogP contribution in [0.4, 0.5) is 0 Å². The second-order valence-electron chi connectivity index (χ2n) is 12.1. The Kier molecular flexibility index (Phi) is 9.33. The number of piperidine rings is 1. The maximum atomic E-state index is 14.2. The van der Waals surface area contributed by atoms with Crippen LogP contribution in [0.25, 0.3) is 0 Å². The lowest BCUT2D eigenvalue weighted by atomic mass is 9.65. The maximum absolute atomic E-state index is 14.2. The van der Waals surface area contributed by atoms with Crippen molar-refractivity contribution in [3.63, 3.8) is 0 Å². The van der Waals surface area contributed by atoms with E-state index in [1.54, 1.807) is 24.0 Å². The van der Waals surface area contributed by atoms with Gasteiger partial charge in [0.15, 0.2) is 11.5 Å². The summed E-state index contributed by atoms with van der Waals surface area (Å²) < 4.78 is 28.1. The summed E-state index contributed by atoms with van der Waals surface area (Å²) in [6, 6.07) is 5.65. The Balaban J connectivity index is 1.73. The van der Waals surface area contributed by atoms with Crippen LogP contribution in [0.3, 0.4) is 0 Å². The standard InChI is InChI=1S/C31H44N2O8/c1-20-31(29(36)39-7)19-22(17-27(34)32-12-14-40-15-13-32)28(35)33(25(31)18-26(41-20)30(2,3)4)11-10-21-8-9-23(37-5)24(16-21)38-6/h8-9,16,18,20,22,26H,10-15,17,19H2,1-7H3/t20-,22+,26-,31+/m1/s1. The lowest BCUT2D eigenvalue weighted by Crippen LogP contribution is -2.61. The molecule has 0 aromatic heterocycles. The van der Waals surface area contributed by atoms with Gasteiger partial charge in [0.25, 0.3) is 0 Å². The number of esters is 1. The predicted octanol–water partition coefficient (Wildman–Crippen LogP) is 3.22. The molecule has 0 bridgehead atoms. The highest BCUT2D eigenvalue weighted by atomic mass is 16.5. The molecular formula is C31H44N2O8. The van der Waals surface area contributed by atoms with Crippen LogP contribution < -0.4 is 9.47 Å². The first-order valence-corrected chi connectivity index (χ1v) is 14.3. The van der Waals surface area contributed by atoms with Crippen LogP contribution in [-0.2, 0) is 35.0 Å². The van der Waals surface area contributed by atoms with Crippen LogP contribution in [0, 0.1) is 16.7 Å². The number of amides is 2. The van der Waals surface area contributed by atoms with Gasteiger partial charge in [-0.15, -0.1) is 0 Å². The first kappa shape index (κ1) is 30.8. The number of carbonyl (C=O) groups excluding carboxylic acids is 3. The Hall–Kier alpha value is -3.11. The Bertz CT molecular complexity index is 1170. The highest BCUT2D eigenvalue weighted by molar-refractivity contribution is 5.92. The minimum absolute atomic E-state index is 0.00708. The summed E-state index contributed by atoms with van der Waals surface area (Å²) in [5.74, 6) is -0.235. The van der Waals surface area contributed by atoms with E-state index in [-0.39, 0.29) is 36.2 Å². The number of likely N-dealkylation sites (tertiary alicyclic amines) is 1. The molecule has 3 heterocycles. The zero-order chi connectivity index (χ0) is 29.9. The molecule has 226 valence electrons. The van der Waals surface area contributed by atoms with Crippen molar-refractivity contribution in [1.29, 1.82) is 0 Å². The van der Waals surface area contributed by atoms with Gasteiger partial charge in [-0.3, -0.25) is 14.4 Å². The number of fused-ring (bicyclic) bond motifs is 1. The van der Waals surface area contributed by atoms with E-state index < -0.39 is 23.4 Å². The molecule has 1 aromatic carbocycles. The van der Waals surface area contributed by atoms with E-state index in [0.29, 0.717) is 56.5 Å². The average molecular weight is 573 g/mol. The van der Waals surface area contributed by atoms with Crippen molar-refractivity contribution in [2.45, 2.75) is 59.2 Å². The van der Waals surface area contributed by atoms with Gasteiger partial charge in [-0.1, -0.05) is 26.8 Å². The SMILES string of the molecule is COC(=O)[C@]12C[C@H](CC(=O)N3CCOCC3)C(=O)N(CCc3ccc(OC)c(OC)c3)C1=C[C@H](C(C)(C)C)O[C@@H]2C. The number of ether oxygens (including phenoxy) is 5. The van der Waals surface area contributed by atoms with Crippen LogP contribution in [0.2, 0.25) is 0 Å². The third-order valence-electron chi connectivity index (χ3n) is 8.55. The lowest BCUT2D eigenvalue weighted by Gasteiger charge is -2.53. The van der Waals surface area contributed by atoms with Gasteiger partial charge in [0.05, 0.1) is 46.8 Å². The molecule has 0 radical (unpaired) electrons. The number of hydrogen-bond acceptors (Lipinski definition) is 8. The molecule has 0 unspecified atom stereocenters. The monoisotopic (exact) mass is 572 g/mol. The van der Waals surface area contributed by atoms with Gasteiger partial charge in [-0.05, 0) is 49.0 Å². The van der Waals surface area contributed by atoms with Crippen molar-refractivity contribution < 1.29 is 38.1 Å². The molecular weight excluding hydrogens is 528 g/mol. The van der Waals surface area contributed by atoms with E-state index in [0.717, 1.165) is 5.56 Å². The molecule has 2 amide bonds. The number of rotatable bonds is 8. The molecule has 3 aliphatic heterocycles. The summed E-state index contributed by atoms with van der Waals surface area (Å²) in [6.45, 7) is 10.3. The van der Waals surface area contributed by atoms with Crippen molar-refractivity contribution in [1.82, 2.24) is 9.80 Å². The highest BCUT2D eigenvalue weighted by Crippen LogP contribution is 2.52. The molecule has 3 aliphatic rings. The minimum Gasteiger partial charge on any atom is -0.493 e. The van der Waals surface area contributed by atoms with Crippen LogP contribution in [0.5, 0.6) is 11.5 Å². The molecule has 0 N–H and O–H groups in total. The van der Waals surface area contributed by atoms with Gasteiger partial charge in [0.1, 0.15) is 5.41 Å². The fourth-order valence-corrected chi connectivity index (χ4v) is 6.10. The van der Waals surface area contributed by atoms with E-state index >= 15 is 0 Å². The Labute approximate surface area is 242 Å². The van der Waals surface area contributed by atoms with Gasteiger partial charge in [-0.25, -0.2) is 0 Å². The van der Waals surface area contributed by atoms with Crippen LogP contribution >= 0.6 is 0 Å². The van der Waals surface area contributed by atoms with E-state index in [2.05, 4.69) is 20.8 Å². The smallest absolute Gasteiger partial charge is 0.320 e. The van der Waals surface area contributed by atoms with Gasteiger partial charge >= 0.3 is 5.97 Å². The first-order valence-electron chi connectivity index (χ1n) is 14.3. The van der Waals surface area contributed by atoms with Crippen LogP contribution in [0.1, 0.15) is 46.1 Å². The number of morpholine rings is 1. The van der Waals surface area contributed by atoms with Gasteiger partial charge in [0.2, 0.25) is 11.8 Å². The molecule has 0 aliphatic carbocycles. The summed E-state index contributed by atoms with van der Waals surface area (Å²) in [7, 11) is 4.52. The van der Waals surface area contributed by atoms with E-state index in [4.69, 9.17) is 23.7 Å². The lowest BCUT2D eigenvalue weighted by molar-refractivity contribution is -0.180. The second-order valence-corrected chi connectivity index (χ2v) is 12.1. The van der Waals surface area contributed by atoms with Crippen molar-refractivity contribution in [2.75, 3.05) is 54.2 Å². The fraction of sp³-hybridized carbons (Fsp3) is 0.645. The summed E-state index contributed by atoms with van der Waals surface area (Å²) in [6.07, 6.45) is 1.67. The Morgan fingerprint density at radius 3 is 2.37 bits per heavy atom. The van der Waals surface area contributed by atoms with Gasteiger partial charge < -0.3 is 33.5 Å². The van der Waals surface area contributed by atoms with E-state index in [1.165, 1.54) is 7.11 Å². The Morgan fingerprint density at radius 2 is 1.76 bits per heavy atom. The first-order chi connectivity index (χ1) is 19.5. The quantitative estimate of drug-likeness (QED) is 0.438. The van der Waals surface area contributed by atoms with E-state index in [1.807, 2.05) is 31.2 Å². The second kappa shape index (κ2) is 12.4. The van der Waals surface area contributed by atoms with Crippen molar-refractivity contribution in [2.24, 2.45) is 16.7 Å². The topological polar surface area (TPSA) is 104 Å². The van der Waals surface area contributed by atoms with E-state index in [9.17, 15) is 14.4 Å². The van der Waals surface area contributed by atoms with Gasteiger partial charge in [-0.2, -0.15) is 0 Å². The molecule has 4 rings (SSSR count). The van der Waals surface area contributed by atoms with Crippen molar-refractivity contribution >= 4 is 17.8 Å². The maximum Gasteiger partial charge on any atom is 0.320 e. The normalized spacial score (nSPS) is 26.7. The summed E-state index contributed by atoms with van der Waals surface area (Å²) in [5.41, 5.74) is 0.0465. The van der Waals surface area contributed by atoms with Crippen molar-refractivity contribution in [3.8, 4) is 11.5 Å². The minimum atomic E-state index is -1.22. The summed E-state index contributed by atoms with van der Waals surface area (Å²) in [4.78, 5) is 44.6. The van der Waals surface area contributed by atoms with Crippen molar-refractivity contribution in [3.05, 3.63) is 35.5 Å². The Morgan fingerprint density at radius 1 is 1.07 bits per heavy atom. The number of hydrogen-bond donors (Lipinski definition) is 0. The third kappa shape index (κ3) is 6.09. The zero-order valence-electron chi connectivity index (χ0n) is 25.4. The molecule has 2 fully saturated rings. The molecule has 4 atom stereocenters. The molecule has 41 heavy (non-hydrogen) atoms. The summed E-state index contributed by atoms with van der Waals surface area (Å²) in [5, 5.41) is 0. The fourth-order valence-electron chi connectivity index (χ4n) is 6.10. The van der Waals surface area contributed by atoms with Gasteiger partial charge in [0, 0.05) is 37.7 Å². The predicted molar refractivity (Wildman–Crippen MR) is 151 cm³/mol. The third-order valence-corrected chi connectivity index (χ3v) is 8.55. The largest absolute Gasteiger partial charge is 0.493 e. The number of nitrogens with zero attached hydrogens (tertiary/aromatic N) is 2.